The van der Waals surface area contributed by atoms with Crippen molar-refractivity contribution in [3.63, 3.8) is 0 Å². The van der Waals surface area contributed by atoms with E-state index in [4.69, 9.17) is 4.74 Å². The van der Waals surface area contributed by atoms with E-state index in [1.165, 1.54) is 0 Å². The first-order valence-corrected chi connectivity index (χ1v) is 11.6. The van der Waals surface area contributed by atoms with Crippen molar-refractivity contribution in [2.75, 3.05) is 10.2 Å². The lowest BCUT2D eigenvalue weighted by molar-refractivity contribution is -0.129. The average molecular weight is 472 g/mol. The topological polar surface area (TPSA) is 71.0 Å². The Balaban J connectivity index is 1.33. The summed E-state index contributed by atoms with van der Waals surface area (Å²) in [5.41, 5.74) is 4.86. The molecule has 174 valence electrons. The number of fused-ring (bicyclic) bond motifs is 1. The van der Waals surface area contributed by atoms with E-state index >= 15 is 0 Å². The molecule has 1 N–H and O–H groups in total. The van der Waals surface area contributed by atoms with Crippen molar-refractivity contribution in [3.8, 4) is 0 Å². The Hall–Kier alpha value is -4.97. The summed E-state index contributed by atoms with van der Waals surface area (Å²) in [7, 11) is 0. The van der Waals surface area contributed by atoms with E-state index in [0.717, 1.165) is 16.8 Å². The van der Waals surface area contributed by atoms with E-state index in [2.05, 4.69) is 10.3 Å². The minimum Gasteiger partial charge on any atom is -0.402 e. The number of nitrogens with one attached hydrogen (secondary N) is 1. The Kier molecular flexibility index (Phi) is 5.39. The number of cyclic esters (lactones) is 1. The molecule has 0 radical (unpaired) electrons. The highest BCUT2D eigenvalue weighted by Gasteiger charge is 2.34. The lowest BCUT2D eigenvalue weighted by Gasteiger charge is -2.38. The van der Waals surface area contributed by atoms with Gasteiger partial charge in [0.25, 0.3) is 5.91 Å². The number of hydrogen-bond donors (Lipinski definition) is 1. The van der Waals surface area contributed by atoms with E-state index in [9.17, 15) is 9.59 Å². The molecule has 0 aliphatic carbocycles. The van der Waals surface area contributed by atoms with Crippen LogP contribution in [0, 0.1) is 0 Å². The zero-order valence-electron chi connectivity index (χ0n) is 19.2. The van der Waals surface area contributed by atoms with E-state index in [1.54, 1.807) is 11.0 Å². The molecular weight excluding hydrogens is 450 g/mol. The Morgan fingerprint density at radius 2 is 1.44 bits per heavy atom. The molecule has 0 bridgehead atoms. The molecule has 1 unspecified atom stereocenters. The number of carbonyl (C=O) groups is 2. The van der Waals surface area contributed by atoms with Crippen LogP contribution in [0.3, 0.4) is 0 Å². The van der Waals surface area contributed by atoms with Gasteiger partial charge in [-0.15, -0.1) is 0 Å². The van der Waals surface area contributed by atoms with Crippen LogP contribution < -0.4 is 10.2 Å². The van der Waals surface area contributed by atoms with Crippen LogP contribution >= 0.6 is 0 Å². The fraction of sp³-hybridized carbons (Fsp3) is 0.0333. The normalized spacial score (nSPS) is 17.9. The molecule has 6 rings (SSSR count). The van der Waals surface area contributed by atoms with Crippen molar-refractivity contribution >= 4 is 35.2 Å². The van der Waals surface area contributed by atoms with E-state index in [1.807, 2.05) is 109 Å². The van der Waals surface area contributed by atoms with Gasteiger partial charge in [-0.05, 0) is 53.6 Å². The van der Waals surface area contributed by atoms with Crippen molar-refractivity contribution in [2.45, 2.75) is 6.17 Å². The molecule has 0 saturated carbocycles. The van der Waals surface area contributed by atoms with E-state index in [0.29, 0.717) is 16.8 Å². The van der Waals surface area contributed by atoms with Gasteiger partial charge >= 0.3 is 5.97 Å². The second-order valence-electron chi connectivity index (χ2n) is 8.47. The lowest BCUT2D eigenvalue weighted by atomic mass is 10.0. The third-order valence-corrected chi connectivity index (χ3v) is 6.16. The fourth-order valence-corrected chi connectivity index (χ4v) is 4.39. The molecule has 2 aliphatic heterocycles. The van der Waals surface area contributed by atoms with Crippen LogP contribution in [0.1, 0.15) is 33.2 Å². The van der Waals surface area contributed by atoms with Gasteiger partial charge in [0.2, 0.25) is 5.90 Å². The first-order chi connectivity index (χ1) is 17.7. The predicted molar refractivity (Wildman–Crippen MR) is 140 cm³/mol. The summed E-state index contributed by atoms with van der Waals surface area (Å²) in [5.74, 6) is -0.348. The third kappa shape index (κ3) is 3.95. The van der Waals surface area contributed by atoms with Crippen molar-refractivity contribution in [1.82, 2.24) is 0 Å². The highest BCUT2D eigenvalue weighted by molar-refractivity contribution is 6.14. The molecule has 2 heterocycles. The van der Waals surface area contributed by atoms with Gasteiger partial charge in [0.1, 0.15) is 6.17 Å². The predicted octanol–water partition coefficient (Wildman–Crippen LogP) is 5.80. The van der Waals surface area contributed by atoms with Crippen LogP contribution in [-0.4, -0.2) is 17.8 Å². The second-order valence-corrected chi connectivity index (χ2v) is 8.47. The zero-order chi connectivity index (χ0) is 24.5. The van der Waals surface area contributed by atoms with Gasteiger partial charge in [0, 0.05) is 16.9 Å². The van der Waals surface area contributed by atoms with Gasteiger partial charge < -0.3 is 10.1 Å². The fourth-order valence-electron chi connectivity index (χ4n) is 4.39. The molecular formula is C30H21N3O3. The minimum atomic E-state index is -0.492. The maximum atomic E-state index is 13.6. The smallest absolute Gasteiger partial charge is 0.363 e. The Morgan fingerprint density at radius 1 is 0.778 bits per heavy atom. The largest absolute Gasteiger partial charge is 0.402 e. The van der Waals surface area contributed by atoms with Crippen LogP contribution in [0.2, 0.25) is 0 Å². The van der Waals surface area contributed by atoms with Crippen molar-refractivity contribution < 1.29 is 14.3 Å². The molecule has 6 nitrogen and oxygen atoms in total. The summed E-state index contributed by atoms with van der Waals surface area (Å²) >= 11 is 0. The molecule has 1 atom stereocenters. The molecule has 0 fully saturated rings. The molecule has 6 heteroatoms. The summed E-state index contributed by atoms with van der Waals surface area (Å²) in [4.78, 5) is 32.1. The summed E-state index contributed by atoms with van der Waals surface area (Å²) in [5, 5.41) is 3.50. The highest BCUT2D eigenvalue weighted by atomic mass is 16.6. The number of benzene rings is 4. The first-order valence-electron chi connectivity index (χ1n) is 11.6. The van der Waals surface area contributed by atoms with Gasteiger partial charge in [-0.25, -0.2) is 9.79 Å². The molecule has 0 saturated heterocycles. The van der Waals surface area contributed by atoms with Crippen molar-refractivity contribution in [2.24, 2.45) is 4.99 Å². The van der Waals surface area contributed by atoms with Crippen LogP contribution in [0.15, 0.2) is 120 Å². The van der Waals surface area contributed by atoms with Gasteiger partial charge in [0.15, 0.2) is 5.70 Å². The Bertz CT molecular complexity index is 1510. The van der Waals surface area contributed by atoms with Crippen LogP contribution in [0.4, 0.5) is 11.4 Å². The molecule has 0 aromatic heterocycles. The minimum absolute atomic E-state index is 0.0938. The number of ether oxygens (including phenoxy) is 1. The van der Waals surface area contributed by atoms with Gasteiger partial charge in [-0.2, -0.15) is 0 Å². The molecule has 0 spiro atoms. The van der Waals surface area contributed by atoms with Gasteiger partial charge in [-0.1, -0.05) is 72.8 Å². The number of para-hydroxylation sites is 1. The Labute approximate surface area is 208 Å². The van der Waals surface area contributed by atoms with Gasteiger partial charge in [0.05, 0.1) is 5.56 Å². The number of nitrogens with zero attached hydrogens (tertiary/aromatic N) is 2. The molecule has 2 aliphatic rings. The first kappa shape index (κ1) is 21.6. The number of rotatable bonds is 4. The van der Waals surface area contributed by atoms with Crippen LogP contribution in [0.25, 0.3) is 6.08 Å². The highest BCUT2D eigenvalue weighted by Crippen LogP contribution is 2.36. The quantitative estimate of drug-likeness (QED) is 0.302. The summed E-state index contributed by atoms with van der Waals surface area (Å²) in [6.07, 6.45) is 1.32. The summed E-state index contributed by atoms with van der Waals surface area (Å²) < 4.78 is 5.43. The number of anilines is 2. The average Bonchev–Trinajstić information content (AvgIpc) is 3.29. The molecule has 4 aromatic carbocycles. The Morgan fingerprint density at radius 3 is 2.19 bits per heavy atom. The maximum absolute atomic E-state index is 13.6. The van der Waals surface area contributed by atoms with Crippen molar-refractivity contribution in [3.05, 3.63) is 137 Å². The number of hydrogen-bond acceptors (Lipinski definition) is 5. The maximum Gasteiger partial charge on any atom is 0.363 e. The monoisotopic (exact) mass is 471 g/mol. The molecule has 1 amide bonds. The van der Waals surface area contributed by atoms with Gasteiger partial charge in [-0.3, -0.25) is 9.69 Å². The van der Waals surface area contributed by atoms with Crippen LogP contribution in [0.5, 0.6) is 0 Å². The number of carbonyl (C=O) groups excluding carboxylic acids is 2. The lowest BCUT2D eigenvalue weighted by Crippen LogP contribution is -2.43. The summed E-state index contributed by atoms with van der Waals surface area (Å²) in [6.45, 7) is 0. The molecule has 4 aromatic rings. The van der Waals surface area contributed by atoms with Crippen LogP contribution in [-0.2, 0) is 9.53 Å². The standard InChI is InChI=1S/C30H21N3O3/c34-29-24-13-7-8-14-25(24)31-27(21-11-5-2-6-12-21)33(29)23-17-15-22(16-18-23)28-32-26(30(35)36-28)19-20-9-3-1-4-10-20/h1-19,27,31H. The number of amides is 1. The number of esters is 1. The molecule has 36 heavy (non-hydrogen) atoms. The number of aliphatic imine (C=N–C) groups is 1. The zero-order valence-corrected chi connectivity index (χ0v) is 19.2. The summed E-state index contributed by atoms with van der Waals surface area (Å²) in [6, 6.07) is 34.1. The van der Waals surface area contributed by atoms with E-state index < -0.39 is 5.97 Å². The van der Waals surface area contributed by atoms with Crippen molar-refractivity contribution in [1.29, 1.82) is 0 Å². The third-order valence-electron chi connectivity index (χ3n) is 6.16. The van der Waals surface area contributed by atoms with E-state index in [-0.39, 0.29) is 23.7 Å². The second kappa shape index (κ2) is 9.00. The SMILES string of the molecule is O=C1OC(c2ccc(N3C(=O)c4ccccc4NC3c3ccccc3)cc2)=NC1=Cc1ccccc1.